The average molecular weight is 360 g/mol. The van der Waals surface area contributed by atoms with Gasteiger partial charge in [-0.25, -0.2) is 9.18 Å². The molecule has 1 aliphatic heterocycles. The van der Waals surface area contributed by atoms with Crippen LogP contribution in [0.5, 0.6) is 0 Å². The van der Waals surface area contributed by atoms with Crippen LogP contribution in [0.15, 0.2) is 30.5 Å². The predicted octanol–water partition coefficient (Wildman–Crippen LogP) is 2.43. The summed E-state index contributed by atoms with van der Waals surface area (Å²) in [6.45, 7) is 7.28. The van der Waals surface area contributed by atoms with Crippen LogP contribution in [0.3, 0.4) is 0 Å². The number of benzene rings is 1. The van der Waals surface area contributed by atoms with E-state index in [4.69, 9.17) is 4.74 Å². The summed E-state index contributed by atoms with van der Waals surface area (Å²) in [4.78, 5) is 16.6. The first-order valence-electron chi connectivity index (χ1n) is 9.04. The number of hydrogen-bond donors (Lipinski definition) is 1. The molecule has 6 nitrogen and oxygen atoms in total. The van der Waals surface area contributed by atoms with Crippen molar-refractivity contribution in [2.45, 2.75) is 26.4 Å². The predicted molar refractivity (Wildman–Crippen MR) is 96.1 cm³/mol. The quantitative estimate of drug-likeness (QED) is 0.802. The zero-order chi connectivity index (χ0) is 18.4. The highest BCUT2D eigenvalue weighted by molar-refractivity contribution is 5.88. The number of hydrogen-bond acceptors (Lipinski definition) is 5. The van der Waals surface area contributed by atoms with E-state index >= 15 is 0 Å². The summed E-state index contributed by atoms with van der Waals surface area (Å²) in [7, 11) is 0. The second-order valence-electron chi connectivity index (χ2n) is 6.53. The van der Waals surface area contributed by atoms with Gasteiger partial charge in [-0.05, 0) is 44.1 Å². The molecule has 26 heavy (non-hydrogen) atoms. The second-order valence-corrected chi connectivity index (χ2v) is 6.53. The first-order chi connectivity index (χ1) is 12.7. The van der Waals surface area contributed by atoms with Gasteiger partial charge in [-0.3, -0.25) is 14.9 Å². The van der Waals surface area contributed by atoms with E-state index in [1.807, 2.05) is 6.07 Å². The van der Waals surface area contributed by atoms with Crippen molar-refractivity contribution in [2.75, 3.05) is 32.8 Å². The number of esters is 1. The third kappa shape index (κ3) is 4.89. The Labute approximate surface area is 152 Å². The van der Waals surface area contributed by atoms with E-state index in [9.17, 15) is 9.18 Å². The topological polar surface area (TPSA) is 61.5 Å². The van der Waals surface area contributed by atoms with Crippen LogP contribution >= 0.6 is 0 Å². The SMILES string of the molecule is CCOC(=O)c1[nH]ncc1CN1CCCN(Cc2cccc(F)c2)CC1. The third-order valence-corrected chi connectivity index (χ3v) is 4.57. The molecule has 1 aliphatic rings. The fraction of sp³-hybridized carbons (Fsp3) is 0.474. The van der Waals surface area contributed by atoms with Crippen LogP contribution in [0.1, 0.15) is 35.0 Å². The lowest BCUT2D eigenvalue weighted by molar-refractivity contribution is 0.0517. The largest absolute Gasteiger partial charge is 0.461 e. The lowest BCUT2D eigenvalue weighted by Crippen LogP contribution is -2.30. The Kier molecular flexibility index (Phi) is 6.35. The van der Waals surface area contributed by atoms with Crippen molar-refractivity contribution in [3.63, 3.8) is 0 Å². The van der Waals surface area contributed by atoms with Gasteiger partial charge in [0.2, 0.25) is 0 Å². The maximum atomic E-state index is 13.4. The zero-order valence-electron chi connectivity index (χ0n) is 15.1. The summed E-state index contributed by atoms with van der Waals surface area (Å²) < 4.78 is 18.4. The Morgan fingerprint density at radius 3 is 2.73 bits per heavy atom. The van der Waals surface area contributed by atoms with Crippen LogP contribution < -0.4 is 0 Å². The van der Waals surface area contributed by atoms with E-state index in [0.717, 1.165) is 50.3 Å². The van der Waals surface area contributed by atoms with Gasteiger partial charge in [-0.1, -0.05) is 12.1 Å². The molecule has 0 spiro atoms. The highest BCUT2D eigenvalue weighted by Gasteiger charge is 2.20. The maximum Gasteiger partial charge on any atom is 0.356 e. The van der Waals surface area contributed by atoms with Gasteiger partial charge < -0.3 is 4.74 Å². The summed E-state index contributed by atoms with van der Waals surface area (Å²) in [6, 6.07) is 6.78. The molecule has 2 aromatic rings. The number of ether oxygens (including phenoxy) is 1. The molecule has 7 heteroatoms. The first-order valence-corrected chi connectivity index (χ1v) is 9.04. The Morgan fingerprint density at radius 2 is 2.00 bits per heavy atom. The van der Waals surface area contributed by atoms with Crippen LogP contribution in [-0.2, 0) is 17.8 Å². The number of aromatic amines is 1. The summed E-state index contributed by atoms with van der Waals surface area (Å²) >= 11 is 0. The van der Waals surface area contributed by atoms with Gasteiger partial charge in [-0.15, -0.1) is 0 Å². The monoisotopic (exact) mass is 360 g/mol. The molecular weight excluding hydrogens is 335 g/mol. The molecule has 1 aromatic heterocycles. The lowest BCUT2D eigenvalue weighted by atomic mass is 10.2. The van der Waals surface area contributed by atoms with Crippen molar-refractivity contribution >= 4 is 5.97 Å². The molecule has 0 amide bonds. The van der Waals surface area contributed by atoms with Crippen LogP contribution in [0.25, 0.3) is 0 Å². The molecule has 0 saturated carbocycles. The molecular formula is C19H25FN4O2. The van der Waals surface area contributed by atoms with E-state index in [-0.39, 0.29) is 11.8 Å². The highest BCUT2D eigenvalue weighted by atomic mass is 19.1. The van der Waals surface area contributed by atoms with E-state index in [2.05, 4.69) is 20.0 Å². The van der Waals surface area contributed by atoms with Crippen LogP contribution in [-0.4, -0.2) is 58.8 Å². The van der Waals surface area contributed by atoms with E-state index in [0.29, 0.717) is 18.8 Å². The molecule has 2 heterocycles. The molecule has 1 N–H and O–H groups in total. The number of carbonyl (C=O) groups is 1. The summed E-state index contributed by atoms with van der Waals surface area (Å²) in [5.74, 6) is -0.548. The number of H-pyrrole nitrogens is 1. The molecule has 0 unspecified atom stereocenters. The molecule has 0 aliphatic carbocycles. The van der Waals surface area contributed by atoms with Crippen molar-refractivity contribution in [2.24, 2.45) is 0 Å². The summed E-state index contributed by atoms with van der Waals surface area (Å²) in [5.41, 5.74) is 2.30. The minimum atomic E-state index is -0.359. The highest BCUT2D eigenvalue weighted by Crippen LogP contribution is 2.14. The average Bonchev–Trinajstić information content (AvgIpc) is 2.96. The fourth-order valence-electron chi connectivity index (χ4n) is 3.29. The number of nitrogens with one attached hydrogen (secondary N) is 1. The number of aromatic nitrogens is 2. The van der Waals surface area contributed by atoms with Crippen molar-refractivity contribution in [3.05, 3.63) is 53.1 Å². The van der Waals surface area contributed by atoms with Gasteiger partial charge in [0.25, 0.3) is 0 Å². The fourth-order valence-corrected chi connectivity index (χ4v) is 3.29. The molecule has 0 bridgehead atoms. The van der Waals surface area contributed by atoms with Gasteiger partial charge >= 0.3 is 5.97 Å². The minimum absolute atomic E-state index is 0.189. The van der Waals surface area contributed by atoms with Crippen molar-refractivity contribution < 1.29 is 13.9 Å². The zero-order valence-corrected chi connectivity index (χ0v) is 15.1. The molecule has 1 saturated heterocycles. The Hall–Kier alpha value is -2.25. The number of nitrogens with zero attached hydrogens (tertiary/aromatic N) is 3. The van der Waals surface area contributed by atoms with Gasteiger partial charge in [-0.2, -0.15) is 5.10 Å². The molecule has 1 aromatic carbocycles. The maximum absolute atomic E-state index is 13.4. The molecule has 0 atom stereocenters. The second kappa shape index (κ2) is 8.91. The van der Waals surface area contributed by atoms with Gasteiger partial charge in [0.05, 0.1) is 12.8 Å². The van der Waals surface area contributed by atoms with Crippen LogP contribution in [0, 0.1) is 5.82 Å². The third-order valence-electron chi connectivity index (χ3n) is 4.57. The van der Waals surface area contributed by atoms with Gasteiger partial charge in [0.1, 0.15) is 11.5 Å². The van der Waals surface area contributed by atoms with E-state index in [1.54, 1.807) is 25.3 Å². The minimum Gasteiger partial charge on any atom is -0.461 e. The first kappa shape index (κ1) is 18.5. The van der Waals surface area contributed by atoms with Gasteiger partial charge in [0.15, 0.2) is 0 Å². The summed E-state index contributed by atoms with van der Waals surface area (Å²) in [5, 5.41) is 6.74. The summed E-state index contributed by atoms with van der Waals surface area (Å²) in [6.07, 6.45) is 2.73. The lowest BCUT2D eigenvalue weighted by Gasteiger charge is -2.21. The number of halogens is 1. The molecule has 3 rings (SSSR count). The van der Waals surface area contributed by atoms with Crippen molar-refractivity contribution in [1.82, 2.24) is 20.0 Å². The number of rotatable bonds is 6. The van der Waals surface area contributed by atoms with Crippen LogP contribution in [0.2, 0.25) is 0 Å². The van der Waals surface area contributed by atoms with Crippen LogP contribution in [0.4, 0.5) is 4.39 Å². The van der Waals surface area contributed by atoms with Crippen molar-refractivity contribution in [1.29, 1.82) is 0 Å². The number of carbonyl (C=O) groups excluding carboxylic acids is 1. The Bertz CT molecular complexity index is 734. The van der Waals surface area contributed by atoms with E-state index < -0.39 is 0 Å². The molecule has 140 valence electrons. The molecule has 0 radical (unpaired) electrons. The van der Waals surface area contributed by atoms with E-state index in [1.165, 1.54) is 6.07 Å². The smallest absolute Gasteiger partial charge is 0.356 e. The standard InChI is InChI=1S/C19H25FN4O2/c1-2-26-19(25)18-16(12-21-22-18)14-24-8-4-7-23(9-10-24)13-15-5-3-6-17(20)11-15/h3,5-6,11-12H,2,4,7-10,13-14H2,1H3,(H,21,22). The molecule has 1 fully saturated rings. The Balaban J connectivity index is 1.56. The Morgan fingerprint density at radius 1 is 1.23 bits per heavy atom. The normalized spacial score (nSPS) is 16.4. The van der Waals surface area contributed by atoms with Crippen molar-refractivity contribution in [3.8, 4) is 0 Å². The van der Waals surface area contributed by atoms with Gasteiger partial charge in [0, 0.05) is 31.7 Å².